The van der Waals surface area contributed by atoms with Crippen molar-refractivity contribution in [3.8, 4) is 0 Å². The molecular formula is C16H16N4O. The van der Waals surface area contributed by atoms with Crippen molar-refractivity contribution in [1.82, 2.24) is 10.3 Å². The largest absolute Gasteiger partial charge is 0.370 e. The molecule has 0 fully saturated rings. The third kappa shape index (κ3) is 3.25. The number of amides is 1. The van der Waals surface area contributed by atoms with E-state index in [2.05, 4.69) is 20.6 Å². The fourth-order valence-electron chi connectivity index (χ4n) is 2.17. The number of hydrogen-bond acceptors (Lipinski definition) is 4. The zero-order valence-electron chi connectivity index (χ0n) is 11.5. The molecule has 5 nitrogen and oxygen atoms in total. The molecule has 2 heterocycles. The second-order valence-electron chi connectivity index (χ2n) is 4.79. The highest BCUT2D eigenvalue weighted by atomic mass is 16.1. The zero-order valence-corrected chi connectivity index (χ0v) is 11.5. The van der Waals surface area contributed by atoms with Gasteiger partial charge in [0, 0.05) is 36.7 Å². The molecule has 5 heteroatoms. The SMILES string of the molecule is O=C(Nc1cccc(C2=NCCCN2)c1)c1cccnc1. The topological polar surface area (TPSA) is 66.4 Å². The van der Waals surface area contributed by atoms with E-state index in [-0.39, 0.29) is 5.91 Å². The van der Waals surface area contributed by atoms with Gasteiger partial charge >= 0.3 is 0 Å². The monoisotopic (exact) mass is 280 g/mol. The third-order valence-electron chi connectivity index (χ3n) is 3.21. The summed E-state index contributed by atoms with van der Waals surface area (Å²) >= 11 is 0. The lowest BCUT2D eigenvalue weighted by molar-refractivity contribution is 0.102. The Morgan fingerprint density at radius 2 is 2.19 bits per heavy atom. The van der Waals surface area contributed by atoms with Crippen LogP contribution in [0.2, 0.25) is 0 Å². The van der Waals surface area contributed by atoms with Crippen LogP contribution in [0.15, 0.2) is 53.8 Å². The van der Waals surface area contributed by atoms with Gasteiger partial charge in [0.15, 0.2) is 0 Å². The van der Waals surface area contributed by atoms with E-state index in [0.717, 1.165) is 36.6 Å². The first kappa shape index (κ1) is 13.3. The van der Waals surface area contributed by atoms with Crippen LogP contribution in [0.5, 0.6) is 0 Å². The van der Waals surface area contributed by atoms with Crippen LogP contribution in [0.3, 0.4) is 0 Å². The number of nitrogens with one attached hydrogen (secondary N) is 2. The summed E-state index contributed by atoms with van der Waals surface area (Å²) in [5.74, 6) is 0.720. The molecule has 3 rings (SSSR count). The van der Waals surface area contributed by atoms with Gasteiger partial charge in [-0.2, -0.15) is 0 Å². The molecule has 1 amide bonds. The van der Waals surface area contributed by atoms with Gasteiger partial charge in [0.05, 0.1) is 5.56 Å². The number of anilines is 1. The molecule has 0 spiro atoms. The molecule has 0 unspecified atom stereocenters. The minimum Gasteiger partial charge on any atom is -0.370 e. The summed E-state index contributed by atoms with van der Waals surface area (Å²) in [5, 5.41) is 6.15. The number of aromatic nitrogens is 1. The standard InChI is InChI=1S/C16H16N4O/c21-16(13-5-2-7-17-11-13)20-14-6-1-4-12(10-14)15-18-8-3-9-19-15/h1-2,4-7,10-11H,3,8-9H2,(H,18,19)(H,20,21). The van der Waals surface area contributed by atoms with Crippen molar-refractivity contribution in [2.45, 2.75) is 6.42 Å². The van der Waals surface area contributed by atoms with Crippen molar-refractivity contribution in [3.05, 3.63) is 59.9 Å². The molecule has 2 aromatic rings. The van der Waals surface area contributed by atoms with Crippen LogP contribution < -0.4 is 10.6 Å². The molecule has 2 N–H and O–H groups in total. The van der Waals surface area contributed by atoms with Gasteiger partial charge < -0.3 is 10.6 Å². The number of amidine groups is 1. The van der Waals surface area contributed by atoms with E-state index in [0.29, 0.717) is 5.56 Å². The zero-order chi connectivity index (χ0) is 14.5. The van der Waals surface area contributed by atoms with Crippen LogP contribution in [0, 0.1) is 0 Å². The molecule has 106 valence electrons. The second-order valence-corrected chi connectivity index (χ2v) is 4.79. The van der Waals surface area contributed by atoms with Crippen LogP contribution in [0.1, 0.15) is 22.3 Å². The van der Waals surface area contributed by atoms with Crippen molar-refractivity contribution in [2.75, 3.05) is 18.4 Å². The first-order chi connectivity index (χ1) is 10.3. The van der Waals surface area contributed by atoms with Gasteiger partial charge in [-0.3, -0.25) is 14.8 Å². The lowest BCUT2D eigenvalue weighted by atomic mass is 10.1. The summed E-state index contributed by atoms with van der Waals surface area (Å²) in [7, 11) is 0. The molecule has 1 aromatic carbocycles. The van der Waals surface area contributed by atoms with Crippen LogP contribution >= 0.6 is 0 Å². The average molecular weight is 280 g/mol. The minimum absolute atomic E-state index is 0.168. The number of rotatable bonds is 3. The number of carbonyl (C=O) groups is 1. The number of carbonyl (C=O) groups excluding carboxylic acids is 1. The number of benzene rings is 1. The first-order valence-corrected chi connectivity index (χ1v) is 6.93. The Morgan fingerprint density at radius 3 is 2.95 bits per heavy atom. The summed E-state index contributed by atoms with van der Waals surface area (Å²) in [6.07, 6.45) is 4.25. The Hall–Kier alpha value is -2.69. The summed E-state index contributed by atoms with van der Waals surface area (Å²) < 4.78 is 0. The highest BCUT2D eigenvalue weighted by molar-refractivity contribution is 6.05. The van der Waals surface area contributed by atoms with E-state index < -0.39 is 0 Å². The smallest absolute Gasteiger partial charge is 0.257 e. The molecule has 0 aliphatic carbocycles. The number of aliphatic imine (C=N–C) groups is 1. The summed E-state index contributed by atoms with van der Waals surface area (Å²) in [6, 6.07) is 11.2. The molecule has 0 radical (unpaired) electrons. The third-order valence-corrected chi connectivity index (χ3v) is 3.21. The highest BCUT2D eigenvalue weighted by Gasteiger charge is 2.09. The maximum Gasteiger partial charge on any atom is 0.257 e. The van der Waals surface area contributed by atoms with E-state index in [4.69, 9.17) is 0 Å². The Morgan fingerprint density at radius 1 is 1.24 bits per heavy atom. The van der Waals surface area contributed by atoms with E-state index in [1.807, 2.05) is 24.3 Å². The molecule has 0 saturated carbocycles. The Balaban J connectivity index is 1.77. The Labute approximate surface area is 123 Å². The maximum absolute atomic E-state index is 12.1. The van der Waals surface area contributed by atoms with Crippen molar-refractivity contribution in [1.29, 1.82) is 0 Å². The molecule has 0 bridgehead atoms. The van der Waals surface area contributed by atoms with Gasteiger partial charge in [-0.15, -0.1) is 0 Å². The van der Waals surface area contributed by atoms with Gasteiger partial charge in [0.25, 0.3) is 5.91 Å². The van der Waals surface area contributed by atoms with Crippen molar-refractivity contribution in [2.24, 2.45) is 4.99 Å². The molecule has 21 heavy (non-hydrogen) atoms. The van der Waals surface area contributed by atoms with Gasteiger partial charge in [-0.25, -0.2) is 0 Å². The molecule has 1 aliphatic rings. The molecule has 1 aromatic heterocycles. The highest BCUT2D eigenvalue weighted by Crippen LogP contribution is 2.13. The lowest BCUT2D eigenvalue weighted by Gasteiger charge is -2.15. The van der Waals surface area contributed by atoms with Gasteiger partial charge in [-0.05, 0) is 30.7 Å². The van der Waals surface area contributed by atoms with Crippen LogP contribution in [-0.2, 0) is 0 Å². The van der Waals surface area contributed by atoms with E-state index in [9.17, 15) is 4.79 Å². The van der Waals surface area contributed by atoms with E-state index in [1.165, 1.54) is 0 Å². The predicted molar refractivity (Wildman–Crippen MR) is 82.7 cm³/mol. The Kier molecular flexibility index (Phi) is 3.91. The van der Waals surface area contributed by atoms with Crippen molar-refractivity contribution >= 4 is 17.4 Å². The predicted octanol–water partition coefficient (Wildman–Crippen LogP) is 2.07. The van der Waals surface area contributed by atoms with E-state index >= 15 is 0 Å². The van der Waals surface area contributed by atoms with Crippen LogP contribution in [-0.4, -0.2) is 29.8 Å². The number of nitrogens with zero attached hydrogens (tertiary/aromatic N) is 2. The maximum atomic E-state index is 12.1. The summed E-state index contributed by atoms with van der Waals surface area (Å²) in [4.78, 5) is 20.5. The van der Waals surface area contributed by atoms with Gasteiger partial charge in [0.2, 0.25) is 0 Å². The van der Waals surface area contributed by atoms with Crippen molar-refractivity contribution < 1.29 is 4.79 Å². The van der Waals surface area contributed by atoms with Crippen LogP contribution in [0.4, 0.5) is 5.69 Å². The van der Waals surface area contributed by atoms with Gasteiger partial charge in [-0.1, -0.05) is 12.1 Å². The van der Waals surface area contributed by atoms with Crippen molar-refractivity contribution in [3.63, 3.8) is 0 Å². The number of pyridine rings is 1. The fraction of sp³-hybridized carbons (Fsp3) is 0.188. The Bertz CT molecular complexity index is 667. The molecule has 1 aliphatic heterocycles. The number of hydrogen-bond donors (Lipinski definition) is 2. The molecule has 0 atom stereocenters. The normalized spacial score (nSPS) is 14.0. The molecule has 0 saturated heterocycles. The minimum atomic E-state index is -0.168. The summed E-state index contributed by atoms with van der Waals surface area (Å²) in [5.41, 5.74) is 2.27. The first-order valence-electron chi connectivity index (χ1n) is 6.93. The lowest BCUT2D eigenvalue weighted by Crippen LogP contribution is -2.30. The summed E-state index contributed by atoms with van der Waals surface area (Å²) in [6.45, 7) is 1.78. The second kappa shape index (κ2) is 6.17. The fourth-order valence-corrected chi connectivity index (χ4v) is 2.17. The quantitative estimate of drug-likeness (QED) is 0.904. The van der Waals surface area contributed by atoms with E-state index in [1.54, 1.807) is 24.5 Å². The van der Waals surface area contributed by atoms with Gasteiger partial charge in [0.1, 0.15) is 5.84 Å². The van der Waals surface area contributed by atoms with Crippen LogP contribution in [0.25, 0.3) is 0 Å². The average Bonchev–Trinajstić information content (AvgIpc) is 2.57. The molecular weight excluding hydrogens is 264 g/mol.